The molecule has 1 N–H and O–H groups in total. The molecule has 0 saturated carbocycles. The fraction of sp³-hybridized carbons (Fsp3) is 0.286. The molecule has 0 spiro atoms. The lowest BCUT2D eigenvalue weighted by Gasteiger charge is -2.05. The van der Waals surface area contributed by atoms with Crippen LogP contribution in [0.4, 0.5) is 5.69 Å². The van der Waals surface area contributed by atoms with E-state index in [2.05, 4.69) is 20.0 Å². The molecule has 0 atom stereocenters. The molecule has 0 aliphatic heterocycles. The van der Waals surface area contributed by atoms with E-state index >= 15 is 0 Å². The highest BCUT2D eigenvalue weighted by Crippen LogP contribution is 2.11. The van der Waals surface area contributed by atoms with Crippen LogP contribution in [0.1, 0.15) is 23.2 Å². The van der Waals surface area contributed by atoms with E-state index < -0.39 is 22.8 Å². The smallest absolute Gasteiger partial charge is 0.354 e. The molecule has 0 aliphatic carbocycles. The minimum atomic E-state index is -0.803. The van der Waals surface area contributed by atoms with Crippen LogP contribution >= 0.6 is 0 Å². The van der Waals surface area contributed by atoms with E-state index in [0.717, 1.165) is 19.2 Å². The van der Waals surface area contributed by atoms with Crippen molar-refractivity contribution >= 4 is 29.2 Å². The average Bonchev–Trinajstić information content (AvgIpc) is 2.60. The highest BCUT2D eigenvalue weighted by Gasteiger charge is 2.16. The summed E-state index contributed by atoms with van der Waals surface area (Å²) in [5.41, 5.74) is 1.91. The zero-order chi connectivity index (χ0) is 18.1. The maximum atomic E-state index is 11.9. The Labute approximate surface area is 136 Å². The second-order valence-corrected chi connectivity index (χ2v) is 4.37. The van der Waals surface area contributed by atoms with E-state index in [0.29, 0.717) is 0 Å². The van der Waals surface area contributed by atoms with Gasteiger partial charge in [0.05, 0.1) is 25.6 Å². The molecule has 0 fully saturated rings. The third kappa shape index (κ3) is 5.48. The fourth-order valence-corrected chi connectivity index (χ4v) is 1.56. The van der Waals surface area contributed by atoms with Crippen molar-refractivity contribution in [2.75, 3.05) is 14.2 Å². The number of nitro benzene ring substituents is 1. The van der Waals surface area contributed by atoms with E-state index in [4.69, 9.17) is 0 Å². The van der Waals surface area contributed by atoms with Crippen LogP contribution in [0, 0.1) is 10.1 Å². The van der Waals surface area contributed by atoms with Gasteiger partial charge in [-0.3, -0.25) is 19.7 Å². The molecule has 10 nitrogen and oxygen atoms in total. The first-order valence-electron chi connectivity index (χ1n) is 6.65. The molecule has 0 heterocycles. The first-order valence-corrected chi connectivity index (χ1v) is 6.65. The Hall–Kier alpha value is -3.30. The molecular formula is C14H15N3O7. The second-order valence-electron chi connectivity index (χ2n) is 4.37. The van der Waals surface area contributed by atoms with Crippen LogP contribution in [0.5, 0.6) is 0 Å². The quantitative estimate of drug-likeness (QED) is 0.336. The Morgan fingerprint density at radius 1 is 1.12 bits per heavy atom. The number of hydrogen-bond acceptors (Lipinski definition) is 8. The molecular weight excluding hydrogens is 322 g/mol. The topological polar surface area (TPSA) is 137 Å². The summed E-state index contributed by atoms with van der Waals surface area (Å²) in [4.78, 5) is 44.5. The van der Waals surface area contributed by atoms with Crippen molar-refractivity contribution in [3.05, 3.63) is 39.9 Å². The fourth-order valence-electron chi connectivity index (χ4n) is 1.56. The number of esters is 2. The normalized spacial score (nSPS) is 10.7. The number of non-ortho nitro benzene ring substituents is 1. The van der Waals surface area contributed by atoms with Crippen LogP contribution in [0.25, 0.3) is 0 Å². The van der Waals surface area contributed by atoms with E-state index in [9.17, 15) is 24.5 Å². The highest BCUT2D eigenvalue weighted by molar-refractivity contribution is 6.36. The predicted octanol–water partition coefficient (Wildman–Crippen LogP) is 0.807. The molecule has 1 aromatic rings. The first-order chi connectivity index (χ1) is 11.4. The Morgan fingerprint density at radius 2 is 1.75 bits per heavy atom. The lowest BCUT2D eigenvalue weighted by Crippen LogP contribution is -2.25. The molecule has 1 aromatic carbocycles. The number of amides is 1. The van der Waals surface area contributed by atoms with Crippen LogP contribution in [-0.2, 0) is 19.1 Å². The van der Waals surface area contributed by atoms with E-state index in [1.165, 1.54) is 19.2 Å². The number of carbonyl (C=O) groups is 3. The summed E-state index contributed by atoms with van der Waals surface area (Å²) >= 11 is 0. The van der Waals surface area contributed by atoms with Crippen molar-refractivity contribution in [3.63, 3.8) is 0 Å². The summed E-state index contributed by atoms with van der Waals surface area (Å²) < 4.78 is 8.96. The van der Waals surface area contributed by atoms with Crippen molar-refractivity contribution in [1.82, 2.24) is 5.43 Å². The number of nitrogens with one attached hydrogen (secondary N) is 1. The van der Waals surface area contributed by atoms with Gasteiger partial charge in [-0.1, -0.05) is 0 Å². The molecule has 0 saturated heterocycles. The van der Waals surface area contributed by atoms with E-state index in [-0.39, 0.29) is 29.8 Å². The van der Waals surface area contributed by atoms with Crippen LogP contribution in [0.3, 0.4) is 0 Å². The number of benzene rings is 1. The minimum Gasteiger partial charge on any atom is -0.469 e. The molecule has 0 bridgehead atoms. The summed E-state index contributed by atoms with van der Waals surface area (Å²) in [6.07, 6.45) is -0.197. The monoisotopic (exact) mass is 337 g/mol. The molecule has 10 heteroatoms. The molecule has 0 radical (unpaired) electrons. The van der Waals surface area contributed by atoms with Gasteiger partial charge in [-0.2, -0.15) is 5.10 Å². The van der Waals surface area contributed by atoms with Gasteiger partial charge in [0.15, 0.2) is 0 Å². The Balaban J connectivity index is 2.79. The number of carbonyl (C=O) groups excluding carboxylic acids is 3. The number of hydrazone groups is 1. The van der Waals surface area contributed by atoms with Crippen molar-refractivity contribution in [1.29, 1.82) is 0 Å². The molecule has 24 heavy (non-hydrogen) atoms. The molecule has 1 amide bonds. The summed E-state index contributed by atoms with van der Waals surface area (Å²) in [7, 11) is 2.34. The average molecular weight is 337 g/mol. The van der Waals surface area contributed by atoms with Gasteiger partial charge in [0.2, 0.25) is 0 Å². The first kappa shape index (κ1) is 18.7. The summed E-state index contributed by atoms with van der Waals surface area (Å²) in [6.45, 7) is 0. The minimum absolute atomic E-state index is 0.0834. The van der Waals surface area contributed by atoms with Gasteiger partial charge in [0.25, 0.3) is 11.6 Å². The van der Waals surface area contributed by atoms with Crippen LogP contribution in [0.2, 0.25) is 0 Å². The van der Waals surface area contributed by atoms with Gasteiger partial charge < -0.3 is 9.47 Å². The van der Waals surface area contributed by atoms with Gasteiger partial charge in [0.1, 0.15) is 5.71 Å². The number of rotatable bonds is 7. The lowest BCUT2D eigenvalue weighted by atomic mass is 10.2. The van der Waals surface area contributed by atoms with Crippen molar-refractivity contribution < 1.29 is 28.8 Å². The van der Waals surface area contributed by atoms with Gasteiger partial charge >= 0.3 is 11.9 Å². The zero-order valence-corrected chi connectivity index (χ0v) is 13.0. The van der Waals surface area contributed by atoms with Crippen molar-refractivity contribution in [2.45, 2.75) is 12.8 Å². The van der Waals surface area contributed by atoms with Crippen LogP contribution < -0.4 is 5.43 Å². The Bertz CT molecular complexity index is 667. The van der Waals surface area contributed by atoms with E-state index in [1.807, 2.05) is 0 Å². The predicted molar refractivity (Wildman–Crippen MR) is 81.3 cm³/mol. The summed E-state index contributed by atoms with van der Waals surface area (Å²) in [6, 6.07) is 4.82. The van der Waals surface area contributed by atoms with Gasteiger partial charge in [0, 0.05) is 24.1 Å². The summed E-state index contributed by atoms with van der Waals surface area (Å²) in [5, 5.41) is 14.2. The van der Waals surface area contributed by atoms with Gasteiger partial charge in [-0.25, -0.2) is 10.2 Å². The second kappa shape index (κ2) is 8.98. The van der Waals surface area contributed by atoms with Gasteiger partial charge in [-0.05, 0) is 12.1 Å². The Morgan fingerprint density at radius 3 is 2.25 bits per heavy atom. The van der Waals surface area contributed by atoms with Gasteiger partial charge in [-0.15, -0.1) is 0 Å². The number of ether oxygens (including phenoxy) is 2. The maximum Gasteiger partial charge on any atom is 0.354 e. The number of methoxy groups -OCH3 is 2. The number of nitro groups is 1. The molecule has 0 unspecified atom stereocenters. The largest absolute Gasteiger partial charge is 0.469 e. The molecule has 128 valence electrons. The summed E-state index contributed by atoms with van der Waals surface area (Å²) in [5.74, 6) is -2.03. The SMILES string of the molecule is COC(=O)CC/C(=N\NC(=O)c1ccc([N+](=O)[O-])cc1)C(=O)OC. The van der Waals surface area contributed by atoms with Crippen LogP contribution in [-0.4, -0.2) is 42.7 Å². The molecule has 0 aliphatic rings. The highest BCUT2D eigenvalue weighted by atomic mass is 16.6. The third-order valence-corrected chi connectivity index (χ3v) is 2.85. The third-order valence-electron chi connectivity index (χ3n) is 2.85. The molecule has 0 aromatic heterocycles. The van der Waals surface area contributed by atoms with E-state index in [1.54, 1.807) is 0 Å². The maximum absolute atomic E-state index is 11.9. The Kier molecular flexibility index (Phi) is 7.01. The van der Waals surface area contributed by atoms with Crippen molar-refractivity contribution in [2.24, 2.45) is 5.10 Å². The lowest BCUT2D eigenvalue weighted by molar-refractivity contribution is -0.384. The van der Waals surface area contributed by atoms with Crippen molar-refractivity contribution in [3.8, 4) is 0 Å². The zero-order valence-electron chi connectivity index (χ0n) is 13.0. The number of hydrogen-bond donors (Lipinski definition) is 1. The standard InChI is InChI=1S/C14H15N3O7/c1-23-12(18)8-7-11(14(20)24-2)15-16-13(19)9-3-5-10(6-4-9)17(21)22/h3-6H,7-8H2,1-2H3,(H,16,19)/b15-11+. The van der Waals surface area contributed by atoms with Crippen LogP contribution in [0.15, 0.2) is 29.4 Å². The number of nitrogens with zero attached hydrogens (tertiary/aromatic N) is 2. The molecule has 1 rings (SSSR count).